The third-order valence-corrected chi connectivity index (χ3v) is 3.73. The molecule has 19 heavy (non-hydrogen) atoms. The SMILES string of the molecule is CCCN(CCO)C(=O)Cc1ccc2c(c1)CCC2. The van der Waals surface area contributed by atoms with Gasteiger partial charge >= 0.3 is 0 Å². The van der Waals surface area contributed by atoms with Crippen molar-refractivity contribution in [3.8, 4) is 0 Å². The number of rotatable bonds is 6. The van der Waals surface area contributed by atoms with E-state index in [1.54, 1.807) is 4.90 Å². The summed E-state index contributed by atoms with van der Waals surface area (Å²) < 4.78 is 0. The van der Waals surface area contributed by atoms with Crippen molar-refractivity contribution in [3.63, 3.8) is 0 Å². The number of fused-ring (bicyclic) bond motifs is 1. The maximum atomic E-state index is 12.2. The molecule has 3 nitrogen and oxygen atoms in total. The monoisotopic (exact) mass is 261 g/mol. The highest BCUT2D eigenvalue weighted by molar-refractivity contribution is 5.78. The largest absolute Gasteiger partial charge is 0.395 e. The van der Waals surface area contributed by atoms with E-state index in [4.69, 9.17) is 5.11 Å². The number of carbonyl (C=O) groups excluding carboxylic acids is 1. The molecule has 0 radical (unpaired) electrons. The highest BCUT2D eigenvalue weighted by Crippen LogP contribution is 2.23. The molecule has 0 unspecified atom stereocenters. The molecule has 0 atom stereocenters. The lowest BCUT2D eigenvalue weighted by atomic mass is 10.0. The van der Waals surface area contributed by atoms with E-state index in [9.17, 15) is 4.79 Å². The summed E-state index contributed by atoms with van der Waals surface area (Å²) in [6.45, 7) is 3.25. The van der Waals surface area contributed by atoms with Crippen LogP contribution in [-0.2, 0) is 24.1 Å². The molecule has 0 saturated carbocycles. The summed E-state index contributed by atoms with van der Waals surface area (Å²) in [5.41, 5.74) is 3.95. The van der Waals surface area contributed by atoms with Crippen LogP contribution >= 0.6 is 0 Å². The maximum Gasteiger partial charge on any atom is 0.227 e. The predicted molar refractivity (Wildman–Crippen MR) is 76.1 cm³/mol. The molecule has 1 aliphatic carbocycles. The van der Waals surface area contributed by atoms with Crippen LogP contribution in [0.5, 0.6) is 0 Å². The molecule has 1 N–H and O–H groups in total. The van der Waals surface area contributed by atoms with E-state index >= 15 is 0 Å². The standard InChI is InChI=1S/C16H23NO2/c1-2-8-17(9-10-18)16(19)12-13-6-7-14-4-3-5-15(14)11-13/h6-7,11,18H,2-5,8-10,12H2,1H3. The number of amides is 1. The molecule has 0 fully saturated rings. The van der Waals surface area contributed by atoms with Crippen LogP contribution in [0, 0.1) is 0 Å². The van der Waals surface area contributed by atoms with E-state index in [1.165, 1.54) is 24.0 Å². The second-order valence-electron chi connectivity index (χ2n) is 5.24. The highest BCUT2D eigenvalue weighted by Gasteiger charge is 2.15. The zero-order valence-electron chi connectivity index (χ0n) is 11.7. The third-order valence-electron chi connectivity index (χ3n) is 3.73. The van der Waals surface area contributed by atoms with Gasteiger partial charge in [-0.15, -0.1) is 0 Å². The summed E-state index contributed by atoms with van der Waals surface area (Å²) in [6.07, 6.45) is 4.94. The Kier molecular flexibility index (Phi) is 4.97. The Labute approximate surface area is 115 Å². The van der Waals surface area contributed by atoms with Crippen LogP contribution in [-0.4, -0.2) is 35.6 Å². The van der Waals surface area contributed by atoms with Crippen molar-refractivity contribution in [2.45, 2.75) is 39.0 Å². The lowest BCUT2D eigenvalue weighted by Gasteiger charge is -2.21. The van der Waals surface area contributed by atoms with Gasteiger partial charge in [0.2, 0.25) is 5.91 Å². The molecule has 0 aromatic heterocycles. The molecule has 1 aliphatic rings. The van der Waals surface area contributed by atoms with Crippen molar-refractivity contribution >= 4 is 5.91 Å². The first-order chi connectivity index (χ1) is 9.24. The number of nitrogens with zero attached hydrogens (tertiary/aromatic N) is 1. The Morgan fingerprint density at radius 3 is 2.79 bits per heavy atom. The Morgan fingerprint density at radius 1 is 1.26 bits per heavy atom. The molecule has 3 heteroatoms. The minimum atomic E-state index is 0.0376. The van der Waals surface area contributed by atoms with Crippen molar-refractivity contribution < 1.29 is 9.90 Å². The van der Waals surface area contributed by atoms with Gasteiger partial charge in [0.05, 0.1) is 13.0 Å². The quantitative estimate of drug-likeness (QED) is 0.850. The van der Waals surface area contributed by atoms with Crippen LogP contribution in [0.15, 0.2) is 18.2 Å². The van der Waals surface area contributed by atoms with Gasteiger partial charge in [-0.05, 0) is 42.4 Å². The number of carbonyl (C=O) groups is 1. The van der Waals surface area contributed by atoms with Crippen LogP contribution in [0.4, 0.5) is 0 Å². The van der Waals surface area contributed by atoms with Crippen molar-refractivity contribution in [2.24, 2.45) is 0 Å². The highest BCUT2D eigenvalue weighted by atomic mass is 16.3. The molecule has 1 aromatic carbocycles. The minimum Gasteiger partial charge on any atom is -0.395 e. The molecular formula is C16H23NO2. The maximum absolute atomic E-state index is 12.2. The van der Waals surface area contributed by atoms with E-state index in [0.29, 0.717) is 13.0 Å². The second kappa shape index (κ2) is 6.71. The Balaban J connectivity index is 2.01. The van der Waals surface area contributed by atoms with Crippen LogP contribution in [0.3, 0.4) is 0 Å². The molecule has 2 rings (SSSR count). The Hall–Kier alpha value is -1.35. The van der Waals surface area contributed by atoms with Gasteiger partial charge in [0.25, 0.3) is 0 Å². The smallest absolute Gasteiger partial charge is 0.227 e. The molecule has 0 saturated heterocycles. The van der Waals surface area contributed by atoms with Gasteiger partial charge < -0.3 is 10.0 Å². The van der Waals surface area contributed by atoms with Crippen molar-refractivity contribution in [3.05, 3.63) is 34.9 Å². The van der Waals surface area contributed by atoms with Gasteiger partial charge in [-0.1, -0.05) is 25.1 Å². The zero-order chi connectivity index (χ0) is 13.7. The Bertz CT molecular complexity index is 436. The van der Waals surface area contributed by atoms with Gasteiger partial charge in [-0.3, -0.25) is 4.79 Å². The average molecular weight is 261 g/mol. The molecule has 0 aliphatic heterocycles. The first-order valence-electron chi connectivity index (χ1n) is 7.24. The summed E-state index contributed by atoms with van der Waals surface area (Å²) in [4.78, 5) is 14.0. The number of hydrogen-bond acceptors (Lipinski definition) is 2. The van der Waals surface area contributed by atoms with E-state index in [0.717, 1.165) is 24.9 Å². The summed E-state index contributed by atoms with van der Waals surface area (Å²) in [5, 5.41) is 9.01. The molecule has 104 valence electrons. The lowest BCUT2D eigenvalue weighted by Crippen LogP contribution is -2.35. The van der Waals surface area contributed by atoms with Crippen LogP contribution in [0.2, 0.25) is 0 Å². The van der Waals surface area contributed by atoms with Crippen molar-refractivity contribution in [2.75, 3.05) is 19.7 Å². The molecule has 0 bridgehead atoms. The van der Waals surface area contributed by atoms with Crippen LogP contribution in [0.1, 0.15) is 36.5 Å². The number of aliphatic hydroxyl groups excluding tert-OH is 1. The predicted octanol–water partition coefficient (Wildman–Crippen LogP) is 1.95. The van der Waals surface area contributed by atoms with Gasteiger partial charge in [-0.25, -0.2) is 0 Å². The van der Waals surface area contributed by atoms with Crippen LogP contribution in [0.25, 0.3) is 0 Å². The Morgan fingerprint density at radius 2 is 2.05 bits per heavy atom. The molecular weight excluding hydrogens is 238 g/mol. The number of benzene rings is 1. The number of aryl methyl sites for hydroxylation is 2. The zero-order valence-corrected chi connectivity index (χ0v) is 11.7. The topological polar surface area (TPSA) is 40.5 Å². The molecule has 0 heterocycles. The molecule has 1 aromatic rings. The van der Waals surface area contributed by atoms with E-state index in [2.05, 4.69) is 18.2 Å². The minimum absolute atomic E-state index is 0.0376. The number of aliphatic hydroxyl groups is 1. The van der Waals surface area contributed by atoms with E-state index < -0.39 is 0 Å². The first kappa shape index (κ1) is 14.1. The summed E-state index contributed by atoms with van der Waals surface area (Å²) >= 11 is 0. The molecule has 0 spiro atoms. The normalized spacial score (nSPS) is 13.4. The number of hydrogen-bond donors (Lipinski definition) is 1. The van der Waals surface area contributed by atoms with Gasteiger partial charge in [0, 0.05) is 13.1 Å². The van der Waals surface area contributed by atoms with Gasteiger partial charge in [0.1, 0.15) is 0 Å². The summed E-state index contributed by atoms with van der Waals surface area (Å²) in [6, 6.07) is 6.43. The first-order valence-corrected chi connectivity index (χ1v) is 7.24. The lowest BCUT2D eigenvalue weighted by molar-refractivity contribution is -0.131. The van der Waals surface area contributed by atoms with Crippen molar-refractivity contribution in [1.29, 1.82) is 0 Å². The fourth-order valence-electron chi connectivity index (χ4n) is 2.77. The molecule has 1 amide bonds. The van der Waals surface area contributed by atoms with E-state index in [1.807, 2.05) is 6.92 Å². The van der Waals surface area contributed by atoms with Crippen LogP contribution < -0.4 is 0 Å². The third kappa shape index (κ3) is 3.57. The van der Waals surface area contributed by atoms with Crippen molar-refractivity contribution in [1.82, 2.24) is 4.90 Å². The fourth-order valence-corrected chi connectivity index (χ4v) is 2.77. The summed E-state index contributed by atoms with van der Waals surface area (Å²) in [7, 11) is 0. The summed E-state index contributed by atoms with van der Waals surface area (Å²) in [5.74, 6) is 0.119. The second-order valence-corrected chi connectivity index (χ2v) is 5.24. The van der Waals surface area contributed by atoms with E-state index in [-0.39, 0.29) is 12.5 Å². The fraction of sp³-hybridized carbons (Fsp3) is 0.562. The van der Waals surface area contributed by atoms with Gasteiger partial charge in [-0.2, -0.15) is 0 Å². The average Bonchev–Trinajstić information content (AvgIpc) is 2.86. The van der Waals surface area contributed by atoms with Gasteiger partial charge in [0.15, 0.2) is 0 Å².